The lowest BCUT2D eigenvalue weighted by Crippen LogP contribution is -1.98. The van der Waals surface area contributed by atoms with Gasteiger partial charge < -0.3 is 9.47 Å². The maximum atomic E-state index is 5.85. The Balaban J connectivity index is 1.90. The Morgan fingerprint density at radius 2 is 1.85 bits per heavy atom. The standard InChI is InChI=1S/C16H14N2O2/c1-19-15-8-7-13-16(18-15)14(9-10-17-13)20-11-12-5-3-2-4-6-12/h2-10H,11H2,1H3. The lowest BCUT2D eigenvalue weighted by Gasteiger charge is -2.09. The van der Waals surface area contributed by atoms with Gasteiger partial charge in [0.1, 0.15) is 17.9 Å². The lowest BCUT2D eigenvalue weighted by atomic mass is 10.2. The highest BCUT2D eigenvalue weighted by molar-refractivity contribution is 5.80. The summed E-state index contributed by atoms with van der Waals surface area (Å²) in [5, 5.41) is 0. The fourth-order valence-electron chi connectivity index (χ4n) is 1.95. The molecule has 0 atom stereocenters. The van der Waals surface area contributed by atoms with Crippen LogP contribution in [0.3, 0.4) is 0 Å². The van der Waals surface area contributed by atoms with Crippen molar-refractivity contribution >= 4 is 11.0 Å². The summed E-state index contributed by atoms with van der Waals surface area (Å²) in [7, 11) is 1.59. The van der Waals surface area contributed by atoms with E-state index in [9.17, 15) is 0 Å². The number of fused-ring (bicyclic) bond motifs is 1. The Morgan fingerprint density at radius 3 is 2.65 bits per heavy atom. The normalized spacial score (nSPS) is 10.4. The van der Waals surface area contributed by atoms with Crippen molar-refractivity contribution in [3.63, 3.8) is 0 Å². The van der Waals surface area contributed by atoms with Crippen LogP contribution in [-0.4, -0.2) is 17.1 Å². The van der Waals surface area contributed by atoms with Gasteiger partial charge in [-0.3, -0.25) is 4.98 Å². The first-order valence-electron chi connectivity index (χ1n) is 6.33. The van der Waals surface area contributed by atoms with Gasteiger partial charge in [-0.1, -0.05) is 30.3 Å². The number of nitrogens with zero attached hydrogens (tertiary/aromatic N) is 2. The van der Waals surface area contributed by atoms with Crippen molar-refractivity contribution < 1.29 is 9.47 Å². The van der Waals surface area contributed by atoms with Crippen LogP contribution in [0.15, 0.2) is 54.7 Å². The van der Waals surface area contributed by atoms with Gasteiger partial charge in [-0.25, -0.2) is 4.98 Å². The summed E-state index contributed by atoms with van der Waals surface area (Å²) in [5.41, 5.74) is 2.61. The zero-order valence-electron chi connectivity index (χ0n) is 11.1. The molecule has 0 aliphatic heterocycles. The van der Waals surface area contributed by atoms with Crippen molar-refractivity contribution in [2.45, 2.75) is 6.61 Å². The van der Waals surface area contributed by atoms with Crippen LogP contribution in [0.25, 0.3) is 11.0 Å². The van der Waals surface area contributed by atoms with Gasteiger partial charge in [-0.2, -0.15) is 0 Å². The molecule has 3 rings (SSSR count). The van der Waals surface area contributed by atoms with E-state index in [1.54, 1.807) is 19.4 Å². The van der Waals surface area contributed by atoms with E-state index in [0.29, 0.717) is 23.8 Å². The van der Waals surface area contributed by atoms with E-state index in [1.807, 2.05) is 42.5 Å². The van der Waals surface area contributed by atoms with Crippen LogP contribution >= 0.6 is 0 Å². The average Bonchev–Trinajstić information content (AvgIpc) is 2.53. The number of pyridine rings is 2. The van der Waals surface area contributed by atoms with Gasteiger partial charge in [0.05, 0.1) is 12.6 Å². The van der Waals surface area contributed by atoms with Crippen LogP contribution in [-0.2, 0) is 6.61 Å². The maximum absolute atomic E-state index is 5.85. The summed E-state index contributed by atoms with van der Waals surface area (Å²) in [6, 6.07) is 15.5. The second kappa shape index (κ2) is 5.57. The zero-order valence-corrected chi connectivity index (χ0v) is 11.1. The molecule has 20 heavy (non-hydrogen) atoms. The van der Waals surface area contributed by atoms with Gasteiger partial charge in [0.15, 0.2) is 0 Å². The molecular weight excluding hydrogens is 252 g/mol. The molecule has 0 fully saturated rings. The van der Waals surface area contributed by atoms with Crippen LogP contribution in [0.2, 0.25) is 0 Å². The predicted molar refractivity (Wildman–Crippen MR) is 76.9 cm³/mol. The highest BCUT2D eigenvalue weighted by atomic mass is 16.5. The van der Waals surface area contributed by atoms with Crippen LogP contribution in [0.5, 0.6) is 11.6 Å². The summed E-state index contributed by atoms with van der Waals surface area (Å²) in [6.45, 7) is 0.499. The molecule has 0 unspecified atom stereocenters. The third kappa shape index (κ3) is 2.54. The molecule has 0 N–H and O–H groups in total. The molecule has 0 saturated carbocycles. The molecule has 1 aromatic carbocycles. The first-order chi connectivity index (χ1) is 9.86. The molecule has 0 saturated heterocycles. The Bertz CT molecular complexity index is 714. The first-order valence-corrected chi connectivity index (χ1v) is 6.33. The van der Waals surface area contributed by atoms with Crippen LogP contribution in [0, 0.1) is 0 Å². The number of hydrogen-bond donors (Lipinski definition) is 0. The molecule has 0 radical (unpaired) electrons. The number of ether oxygens (including phenoxy) is 2. The molecule has 0 aliphatic carbocycles. The third-order valence-corrected chi connectivity index (χ3v) is 2.97. The monoisotopic (exact) mass is 266 g/mol. The lowest BCUT2D eigenvalue weighted by molar-refractivity contribution is 0.308. The van der Waals surface area contributed by atoms with Crippen molar-refractivity contribution in [3.8, 4) is 11.6 Å². The Kier molecular flexibility index (Phi) is 3.46. The minimum absolute atomic E-state index is 0.499. The van der Waals surface area contributed by atoms with E-state index in [0.717, 1.165) is 11.1 Å². The SMILES string of the molecule is COc1ccc2nccc(OCc3ccccc3)c2n1. The molecule has 2 heterocycles. The zero-order chi connectivity index (χ0) is 13.8. The Labute approximate surface area is 117 Å². The predicted octanol–water partition coefficient (Wildman–Crippen LogP) is 3.22. The van der Waals surface area contributed by atoms with Crippen molar-refractivity contribution in [2.75, 3.05) is 7.11 Å². The van der Waals surface area contributed by atoms with Crippen LogP contribution in [0.1, 0.15) is 5.56 Å². The fraction of sp³-hybridized carbons (Fsp3) is 0.125. The van der Waals surface area contributed by atoms with Crippen molar-refractivity contribution in [1.82, 2.24) is 9.97 Å². The summed E-state index contributed by atoms with van der Waals surface area (Å²) in [4.78, 5) is 8.67. The Hall–Kier alpha value is -2.62. The van der Waals surface area contributed by atoms with E-state index in [1.165, 1.54) is 0 Å². The quantitative estimate of drug-likeness (QED) is 0.727. The largest absolute Gasteiger partial charge is 0.486 e. The van der Waals surface area contributed by atoms with E-state index in [2.05, 4.69) is 9.97 Å². The van der Waals surface area contributed by atoms with Gasteiger partial charge in [0, 0.05) is 18.3 Å². The molecular formula is C16H14N2O2. The molecule has 0 spiro atoms. The molecule has 2 aromatic heterocycles. The van der Waals surface area contributed by atoms with Gasteiger partial charge in [-0.15, -0.1) is 0 Å². The van der Waals surface area contributed by atoms with E-state index < -0.39 is 0 Å². The first kappa shape index (κ1) is 12.4. The highest BCUT2D eigenvalue weighted by Gasteiger charge is 2.06. The number of methoxy groups -OCH3 is 1. The highest BCUT2D eigenvalue weighted by Crippen LogP contribution is 2.24. The maximum Gasteiger partial charge on any atom is 0.213 e. The van der Waals surface area contributed by atoms with Gasteiger partial charge in [0.25, 0.3) is 0 Å². The van der Waals surface area contributed by atoms with Crippen molar-refractivity contribution in [2.24, 2.45) is 0 Å². The van der Waals surface area contributed by atoms with Crippen molar-refractivity contribution in [1.29, 1.82) is 0 Å². The van der Waals surface area contributed by atoms with Crippen LogP contribution in [0.4, 0.5) is 0 Å². The molecule has 3 aromatic rings. The molecule has 100 valence electrons. The summed E-state index contributed by atoms with van der Waals surface area (Å²) < 4.78 is 11.0. The third-order valence-electron chi connectivity index (χ3n) is 2.97. The van der Waals surface area contributed by atoms with E-state index >= 15 is 0 Å². The van der Waals surface area contributed by atoms with Gasteiger partial charge >= 0.3 is 0 Å². The minimum atomic E-state index is 0.499. The number of rotatable bonds is 4. The van der Waals surface area contributed by atoms with Gasteiger partial charge in [0.2, 0.25) is 5.88 Å². The summed E-state index contributed by atoms with van der Waals surface area (Å²) >= 11 is 0. The minimum Gasteiger partial charge on any atom is -0.486 e. The smallest absolute Gasteiger partial charge is 0.213 e. The fourth-order valence-corrected chi connectivity index (χ4v) is 1.95. The molecule has 4 heteroatoms. The molecule has 0 aliphatic rings. The van der Waals surface area contributed by atoms with Gasteiger partial charge in [-0.05, 0) is 11.6 Å². The molecule has 0 bridgehead atoms. The van der Waals surface area contributed by atoms with Crippen LogP contribution < -0.4 is 9.47 Å². The number of benzene rings is 1. The summed E-state index contributed by atoms with van der Waals surface area (Å²) in [6.07, 6.45) is 1.72. The molecule has 0 amide bonds. The van der Waals surface area contributed by atoms with E-state index in [-0.39, 0.29) is 0 Å². The topological polar surface area (TPSA) is 44.2 Å². The second-order valence-corrected chi connectivity index (χ2v) is 4.30. The van der Waals surface area contributed by atoms with E-state index in [4.69, 9.17) is 9.47 Å². The average molecular weight is 266 g/mol. The summed E-state index contributed by atoms with van der Waals surface area (Å²) in [5.74, 6) is 1.26. The Morgan fingerprint density at radius 1 is 1.00 bits per heavy atom. The number of aromatic nitrogens is 2. The molecule has 4 nitrogen and oxygen atoms in total. The number of hydrogen-bond acceptors (Lipinski definition) is 4. The second-order valence-electron chi connectivity index (χ2n) is 4.30. The van der Waals surface area contributed by atoms with Crippen molar-refractivity contribution in [3.05, 3.63) is 60.3 Å².